The Labute approximate surface area is 144 Å². The molecule has 25 heavy (non-hydrogen) atoms. The summed E-state index contributed by atoms with van der Waals surface area (Å²) in [4.78, 5) is 19.5. The van der Waals surface area contributed by atoms with Gasteiger partial charge in [0.15, 0.2) is 12.8 Å². The molecule has 0 aromatic carbocycles. The number of hydrogen-bond donors (Lipinski definition) is 0. The average molecular weight is 341 g/mol. The summed E-state index contributed by atoms with van der Waals surface area (Å²) < 4.78 is 16.2. The number of ether oxygens (including phenoxy) is 1. The van der Waals surface area contributed by atoms with E-state index in [0.29, 0.717) is 25.5 Å². The van der Waals surface area contributed by atoms with Crippen molar-refractivity contribution < 1.29 is 13.6 Å². The molecule has 0 radical (unpaired) electrons. The predicted octanol–water partition coefficient (Wildman–Crippen LogP) is 2.08. The molecule has 1 aliphatic heterocycles. The van der Waals surface area contributed by atoms with Gasteiger partial charge in [0, 0.05) is 37.3 Å². The number of aryl methyl sites for hydroxylation is 2. The summed E-state index contributed by atoms with van der Waals surface area (Å²) >= 11 is 0. The number of oxazole rings is 2. The first-order chi connectivity index (χ1) is 12.2. The Bertz CT molecular complexity index is 796. The van der Waals surface area contributed by atoms with Crippen molar-refractivity contribution in [3.05, 3.63) is 53.8 Å². The molecule has 3 aromatic heterocycles. The zero-order valence-electron chi connectivity index (χ0n) is 14.2. The normalized spacial score (nSPS) is 16.2. The zero-order valence-corrected chi connectivity index (χ0v) is 14.2. The Morgan fingerprint density at radius 1 is 1.04 bits per heavy atom. The van der Waals surface area contributed by atoms with Gasteiger partial charge in [0.1, 0.15) is 24.5 Å². The van der Waals surface area contributed by atoms with E-state index in [4.69, 9.17) is 13.6 Å². The third-order valence-electron chi connectivity index (χ3n) is 4.20. The van der Waals surface area contributed by atoms with Gasteiger partial charge >= 0.3 is 0 Å². The quantitative estimate of drug-likeness (QED) is 0.673. The molecule has 1 atom stereocenters. The molecule has 1 unspecified atom stereocenters. The first-order valence-corrected chi connectivity index (χ1v) is 8.14. The molecular formula is C17H19N5O3. The monoisotopic (exact) mass is 341 g/mol. The molecule has 4 rings (SSSR count). The lowest BCUT2D eigenvalue weighted by Crippen LogP contribution is -2.34. The number of hydrogen-bond acceptors (Lipinski definition) is 8. The molecule has 0 aliphatic carbocycles. The van der Waals surface area contributed by atoms with Crippen molar-refractivity contribution >= 4 is 0 Å². The summed E-state index contributed by atoms with van der Waals surface area (Å²) in [5.41, 5.74) is 3.82. The molecule has 130 valence electrons. The molecule has 0 saturated carbocycles. The van der Waals surface area contributed by atoms with Crippen LogP contribution >= 0.6 is 0 Å². The van der Waals surface area contributed by atoms with Crippen molar-refractivity contribution in [2.24, 2.45) is 0 Å². The van der Waals surface area contributed by atoms with Crippen molar-refractivity contribution in [2.75, 3.05) is 6.54 Å². The van der Waals surface area contributed by atoms with E-state index in [9.17, 15) is 0 Å². The Hall–Kier alpha value is -2.74. The van der Waals surface area contributed by atoms with Gasteiger partial charge in [-0.2, -0.15) is 4.98 Å². The summed E-state index contributed by atoms with van der Waals surface area (Å²) in [5.74, 6) is 1.44. The number of fused-ring (bicyclic) bond motifs is 1. The number of nitrogens with zero attached hydrogens (tertiary/aromatic N) is 5. The lowest BCUT2D eigenvalue weighted by atomic mass is 10.1. The fourth-order valence-corrected chi connectivity index (χ4v) is 3.13. The molecule has 4 heterocycles. The van der Waals surface area contributed by atoms with E-state index in [1.54, 1.807) is 12.5 Å². The lowest BCUT2D eigenvalue weighted by molar-refractivity contribution is 0.135. The first kappa shape index (κ1) is 15.8. The minimum Gasteiger partial charge on any atom is -0.472 e. The van der Waals surface area contributed by atoms with Crippen LogP contribution in [0.15, 0.2) is 34.1 Å². The van der Waals surface area contributed by atoms with Gasteiger partial charge in [-0.3, -0.25) is 4.90 Å². The van der Waals surface area contributed by atoms with Gasteiger partial charge in [0.25, 0.3) is 0 Å². The Kier molecular flexibility index (Phi) is 4.19. The van der Waals surface area contributed by atoms with E-state index in [-0.39, 0.29) is 6.10 Å². The second-order valence-corrected chi connectivity index (χ2v) is 6.21. The summed E-state index contributed by atoms with van der Waals surface area (Å²) in [5, 5.41) is 0. The van der Waals surface area contributed by atoms with Crippen LogP contribution in [0, 0.1) is 13.8 Å². The van der Waals surface area contributed by atoms with Crippen LogP contribution in [0.5, 0.6) is 5.88 Å². The van der Waals surface area contributed by atoms with Crippen LogP contribution in [0.3, 0.4) is 0 Å². The number of aromatic nitrogens is 4. The predicted molar refractivity (Wildman–Crippen MR) is 86.7 cm³/mol. The standard InChI is InChI=1S/C17H19N5O3/c1-11-16-3-15(25-17(16)21-12(2)20-11)6-22(4-13-7-23-9-18-13)5-14-8-24-10-19-14/h7-10,15H,3-6H2,1-2H3. The maximum Gasteiger partial charge on any atom is 0.220 e. The largest absolute Gasteiger partial charge is 0.472 e. The van der Waals surface area contributed by atoms with Crippen molar-refractivity contribution in [2.45, 2.75) is 39.5 Å². The average Bonchev–Trinajstić information content (AvgIpc) is 3.29. The Morgan fingerprint density at radius 2 is 1.72 bits per heavy atom. The Morgan fingerprint density at radius 3 is 2.32 bits per heavy atom. The SMILES string of the molecule is Cc1nc(C)c2c(n1)OC(CN(Cc1cocn1)Cc1cocn1)C2. The van der Waals surface area contributed by atoms with Crippen LogP contribution in [0.25, 0.3) is 0 Å². The molecule has 0 spiro atoms. The Balaban J connectivity index is 1.48. The van der Waals surface area contributed by atoms with Crippen molar-refractivity contribution in [3.8, 4) is 5.88 Å². The van der Waals surface area contributed by atoms with Crippen molar-refractivity contribution in [3.63, 3.8) is 0 Å². The number of rotatable bonds is 6. The molecule has 8 nitrogen and oxygen atoms in total. The van der Waals surface area contributed by atoms with Crippen LogP contribution < -0.4 is 4.74 Å². The van der Waals surface area contributed by atoms with Gasteiger partial charge in [-0.25, -0.2) is 15.0 Å². The maximum atomic E-state index is 6.06. The third-order valence-corrected chi connectivity index (χ3v) is 4.20. The molecule has 0 bridgehead atoms. The van der Waals surface area contributed by atoms with Gasteiger partial charge < -0.3 is 13.6 Å². The van der Waals surface area contributed by atoms with E-state index < -0.39 is 0 Å². The lowest BCUT2D eigenvalue weighted by Gasteiger charge is -2.23. The molecule has 0 N–H and O–H groups in total. The molecule has 1 aliphatic rings. The van der Waals surface area contributed by atoms with E-state index >= 15 is 0 Å². The van der Waals surface area contributed by atoms with Crippen LogP contribution in [0.1, 0.15) is 28.5 Å². The van der Waals surface area contributed by atoms with Gasteiger partial charge in [0.05, 0.1) is 11.4 Å². The van der Waals surface area contributed by atoms with E-state index in [2.05, 4.69) is 24.8 Å². The fraction of sp³-hybridized carbons (Fsp3) is 0.412. The van der Waals surface area contributed by atoms with Gasteiger partial charge in [-0.05, 0) is 13.8 Å². The topological polar surface area (TPSA) is 90.3 Å². The molecule has 0 amide bonds. The highest BCUT2D eigenvalue weighted by Gasteiger charge is 2.29. The van der Waals surface area contributed by atoms with Gasteiger partial charge in [0.2, 0.25) is 5.88 Å². The highest BCUT2D eigenvalue weighted by atomic mass is 16.5. The fourth-order valence-electron chi connectivity index (χ4n) is 3.13. The minimum absolute atomic E-state index is 0.0172. The van der Waals surface area contributed by atoms with Crippen molar-refractivity contribution in [1.82, 2.24) is 24.8 Å². The molecule has 0 fully saturated rings. The summed E-state index contributed by atoms with van der Waals surface area (Å²) in [7, 11) is 0. The second-order valence-electron chi connectivity index (χ2n) is 6.21. The summed E-state index contributed by atoms with van der Waals surface area (Å²) in [6.45, 7) is 5.88. The van der Waals surface area contributed by atoms with Crippen LogP contribution in [-0.4, -0.2) is 37.5 Å². The van der Waals surface area contributed by atoms with E-state index in [1.165, 1.54) is 12.8 Å². The zero-order chi connectivity index (χ0) is 17.2. The van der Waals surface area contributed by atoms with Crippen LogP contribution in [0.4, 0.5) is 0 Å². The van der Waals surface area contributed by atoms with Crippen LogP contribution in [0.2, 0.25) is 0 Å². The highest BCUT2D eigenvalue weighted by Crippen LogP contribution is 2.29. The van der Waals surface area contributed by atoms with Gasteiger partial charge in [-0.15, -0.1) is 0 Å². The smallest absolute Gasteiger partial charge is 0.220 e. The second kappa shape index (κ2) is 6.64. The summed E-state index contributed by atoms with van der Waals surface area (Å²) in [6.07, 6.45) is 7.00. The molecule has 8 heteroatoms. The minimum atomic E-state index is 0.0172. The van der Waals surface area contributed by atoms with E-state index in [0.717, 1.165) is 34.9 Å². The molecule has 3 aromatic rings. The van der Waals surface area contributed by atoms with E-state index in [1.807, 2.05) is 13.8 Å². The maximum absolute atomic E-state index is 6.06. The first-order valence-electron chi connectivity index (χ1n) is 8.14. The van der Waals surface area contributed by atoms with Crippen LogP contribution in [-0.2, 0) is 19.5 Å². The summed E-state index contributed by atoms with van der Waals surface area (Å²) in [6, 6.07) is 0. The van der Waals surface area contributed by atoms with Gasteiger partial charge in [-0.1, -0.05) is 0 Å². The molecular weight excluding hydrogens is 322 g/mol. The third kappa shape index (κ3) is 3.53. The van der Waals surface area contributed by atoms with Crippen molar-refractivity contribution in [1.29, 1.82) is 0 Å². The highest BCUT2D eigenvalue weighted by molar-refractivity contribution is 5.34. The molecule has 0 saturated heterocycles.